The zero-order chi connectivity index (χ0) is 14.0. The van der Waals surface area contributed by atoms with Gasteiger partial charge in [-0.15, -0.1) is 0 Å². The van der Waals surface area contributed by atoms with E-state index in [-0.39, 0.29) is 5.56 Å². The number of rotatable bonds is 2. The van der Waals surface area contributed by atoms with E-state index in [2.05, 4.69) is 4.40 Å². The fourth-order valence-corrected chi connectivity index (χ4v) is 1.66. The molecule has 0 N–H and O–H groups in total. The van der Waals surface area contributed by atoms with Crippen LogP contribution in [0.25, 0.3) is 0 Å². The molecule has 0 aliphatic heterocycles. The summed E-state index contributed by atoms with van der Waals surface area (Å²) >= 11 is 0. The van der Waals surface area contributed by atoms with Crippen LogP contribution >= 0.6 is 0 Å². The van der Waals surface area contributed by atoms with Gasteiger partial charge in [-0.25, -0.2) is 4.21 Å². The van der Waals surface area contributed by atoms with Crippen LogP contribution in [0, 0.1) is 0 Å². The first kappa shape index (κ1) is 14.9. The highest BCUT2D eigenvalue weighted by atomic mass is 32.2. The lowest BCUT2D eigenvalue weighted by Gasteiger charge is -2.13. The maximum absolute atomic E-state index is 12.7. The molecule has 0 bridgehead atoms. The third-order valence-corrected chi connectivity index (χ3v) is 3.42. The van der Waals surface area contributed by atoms with Crippen molar-refractivity contribution in [2.75, 3.05) is 0 Å². The molecule has 18 heavy (non-hydrogen) atoms. The molecule has 0 heterocycles. The Balaban J connectivity index is 3.06. The quantitative estimate of drug-likeness (QED) is 0.760. The highest BCUT2D eigenvalue weighted by molar-refractivity contribution is 7.85. The average Bonchev–Trinajstić information content (AvgIpc) is 2.23. The molecule has 0 aliphatic carbocycles. The van der Waals surface area contributed by atoms with Crippen molar-refractivity contribution >= 4 is 17.2 Å². The predicted octanol–water partition coefficient (Wildman–Crippen LogP) is 3.59. The molecular formula is C12H14F3NOS. The van der Waals surface area contributed by atoms with Gasteiger partial charge in [0.2, 0.25) is 0 Å². The molecule has 6 heteroatoms. The number of halogens is 3. The van der Waals surface area contributed by atoms with Crippen molar-refractivity contribution in [3.8, 4) is 0 Å². The molecule has 0 fully saturated rings. The summed E-state index contributed by atoms with van der Waals surface area (Å²) in [6, 6.07) is 5.06. The standard InChI is InChI=1S/C12H14F3NOS/c1-11(2,3)18(17)16-8-9-6-4-5-7-10(9)12(13,14)15/h4-8H,1-3H3/b16-8+. The summed E-state index contributed by atoms with van der Waals surface area (Å²) in [5.41, 5.74) is -0.859. The molecule has 1 aromatic rings. The first-order chi connectivity index (χ1) is 8.12. The molecule has 0 saturated carbocycles. The molecule has 1 unspecified atom stereocenters. The second-order valence-corrected chi connectivity index (χ2v) is 6.61. The minimum atomic E-state index is -4.44. The van der Waals surface area contributed by atoms with Gasteiger partial charge in [0, 0.05) is 11.8 Å². The van der Waals surface area contributed by atoms with Crippen LogP contribution in [0.1, 0.15) is 31.9 Å². The van der Waals surface area contributed by atoms with E-state index in [0.29, 0.717) is 0 Å². The normalized spacial score (nSPS) is 15.0. The maximum atomic E-state index is 12.7. The summed E-state index contributed by atoms with van der Waals surface area (Å²) in [6.07, 6.45) is -3.42. The van der Waals surface area contributed by atoms with Crippen molar-refractivity contribution in [2.45, 2.75) is 31.7 Å². The van der Waals surface area contributed by atoms with E-state index < -0.39 is 27.5 Å². The van der Waals surface area contributed by atoms with Crippen molar-refractivity contribution in [3.05, 3.63) is 35.4 Å². The Morgan fingerprint density at radius 2 is 1.72 bits per heavy atom. The number of hydrogen-bond donors (Lipinski definition) is 0. The van der Waals surface area contributed by atoms with E-state index in [0.717, 1.165) is 12.3 Å². The first-order valence-corrected chi connectivity index (χ1v) is 6.35. The third kappa shape index (κ3) is 3.94. The van der Waals surface area contributed by atoms with Gasteiger partial charge in [0.05, 0.1) is 10.3 Å². The van der Waals surface area contributed by atoms with Gasteiger partial charge < -0.3 is 0 Å². The van der Waals surface area contributed by atoms with Crippen molar-refractivity contribution in [1.82, 2.24) is 0 Å². The van der Waals surface area contributed by atoms with Crippen molar-refractivity contribution < 1.29 is 17.4 Å². The summed E-state index contributed by atoms with van der Waals surface area (Å²) in [7, 11) is -1.57. The Kier molecular flexibility index (Phi) is 4.32. The molecule has 0 radical (unpaired) electrons. The monoisotopic (exact) mass is 277 g/mol. The van der Waals surface area contributed by atoms with Crippen LogP contribution in [0.2, 0.25) is 0 Å². The SMILES string of the molecule is CC(C)(C)S(=O)/N=C/c1ccccc1C(F)(F)F. The van der Waals surface area contributed by atoms with E-state index >= 15 is 0 Å². The van der Waals surface area contributed by atoms with Gasteiger partial charge in [0.15, 0.2) is 0 Å². The van der Waals surface area contributed by atoms with Crippen LogP contribution in [0.4, 0.5) is 13.2 Å². The summed E-state index contributed by atoms with van der Waals surface area (Å²) in [4.78, 5) is 0. The molecule has 1 aromatic carbocycles. The molecule has 0 aliphatic rings. The lowest BCUT2D eigenvalue weighted by molar-refractivity contribution is -0.137. The van der Waals surface area contributed by atoms with Crippen LogP contribution in [-0.2, 0) is 17.2 Å². The number of nitrogens with zero attached hydrogens (tertiary/aromatic N) is 1. The number of hydrogen-bond acceptors (Lipinski definition) is 1. The molecule has 0 saturated heterocycles. The Labute approximate surface area is 107 Å². The minimum Gasteiger partial charge on any atom is -0.234 e. The van der Waals surface area contributed by atoms with E-state index in [1.54, 1.807) is 20.8 Å². The molecule has 100 valence electrons. The summed E-state index contributed by atoms with van der Waals surface area (Å²) < 4.78 is 52.7. The Morgan fingerprint density at radius 3 is 2.22 bits per heavy atom. The lowest BCUT2D eigenvalue weighted by Crippen LogP contribution is -2.19. The van der Waals surface area contributed by atoms with Crippen molar-refractivity contribution in [3.63, 3.8) is 0 Å². The van der Waals surface area contributed by atoms with E-state index in [4.69, 9.17) is 0 Å². The van der Waals surface area contributed by atoms with E-state index in [1.165, 1.54) is 18.2 Å². The summed E-state index contributed by atoms with van der Waals surface area (Å²) in [5.74, 6) is 0. The highest BCUT2D eigenvalue weighted by Crippen LogP contribution is 2.31. The molecule has 0 amide bonds. The average molecular weight is 277 g/mol. The van der Waals surface area contributed by atoms with Crippen LogP contribution in [-0.4, -0.2) is 15.2 Å². The second-order valence-electron chi connectivity index (χ2n) is 4.68. The van der Waals surface area contributed by atoms with Crippen molar-refractivity contribution in [2.24, 2.45) is 4.40 Å². The van der Waals surface area contributed by atoms with Crippen LogP contribution in [0.15, 0.2) is 28.7 Å². The number of benzene rings is 1. The Hall–Kier alpha value is -1.17. The fourth-order valence-electron chi connectivity index (χ4n) is 1.13. The summed E-state index contributed by atoms with van der Waals surface area (Å²) in [5, 5.41) is 0. The third-order valence-electron chi connectivity index (χ3n) is 2.08. The van der Waals surface area contributed by atoms with Crippen LogP contribution in [0.5, 0.6) is 0 Å². The molecule has 0 spiro atoms. The smallest absolute Gasteiger partial charge is 0.234 e. The summed E-state index contributed by atoms with van der Waals surface area (Å²) in [6.45, 7) is 5.11. The largest absolute Gasteiger partial charge is 0.417 e. The zero-order valence-corrected chi connectivity index (χ0v) is 11.1. The van der Waals surface area contributed by atoms with Gasteiger partial charge >= 0.3 is 6.18 Å². The predicted molar refractivity (Wildman–Crippen MR) is 66.9 cm³/mol. The van der Waals surface area contributed by atoms with E-state index in [9.17, 15) is 17.4 Å². The van der Waals surface area contributed by atoms with Gasteiger partial charge in [0.25, 0.3) is 0 Å². The molecule has 2 nitrogen and oxygen atoms in total. The van der Waals surface area contributed by atoms with Gasteiger partial charge in [0.1, 0.15) is 11.0 Å². The molecule has 0 aromatic heterocycles. The molecule has 1 atom stereocenters. The van der Waals surface area contributed by atoms with Crippen molar-refractivity contribution in [1.29, 1.82) is 0 Å². The van der Waals surface area contributed by atoms with Gasteiger partial charge in [-0.2, -0.15) is 17.6 Å². The van der Waals surface area contributed by atoms with Crippen LogP contribution in [0.3, 0.4) is 0 Å². The Morgan fingerprint density at radius 1 is 1.17 bits per heavy atom. The van der Waals surface area contributed by atoms with Crippen LogP contribution < -0.4 is 0 Å². The minimum absolute atomic E-state index is 0.0809. The lowest BCUT2D eigenvalue weighted by atomic mass is 10.1. The second kappa shape index (κ2) is 5.22. The topological polar surface area (TPSA) is 29.4 Å². The first-order valence-electron chi connectivity index (χ1n) is 5.24. The molecular weight excluding hydrogens is 263 g/mol. The zero-order valence-electron chi connectivity index (χ0n) is 10.3. The van der Waals surface area contributed by atoms with E-state index in [1.807, 2.05) is 0 Å². The molecule has 1 rings (SSSR count). The van der Waals surface area contributed by atoms with Gasteiger partial charge in [-0.05, 0) is 26.8 Å². The fraction of sp³-hybridized carbons (Fsp3) is 0.417. The Bertz CT molecular complexity index is 475. The number of alkyl halides is 3. The van der Waals surface area contributed by atoms with Gasteiger partial charge in [-0.1, -0.05) is 18.2 Å². The highest BCUT2D eigenvalue weighted by Gasteiger charge is 2.32. The van der Waals surface area contributed by atoms with Gasteiger partial charge in [-0.3, -0.25) is 0 Å². The maximum Gasteiger partial charge on any atom is 0.417 e.